The predicted octanol–water partition coefficient (Wildman–Crippen LogP) is 3.47. The van der Waals surface area contributed by atoms with Gasteiger partial charge in [0, 0.05) is 43.9 Å². The highest BCUT2D eigenvalue weighted by Gasteiger charge is 2.22. The van der Waals surface area contributed by atoms with Crippen LogP contribution in [0.2, 0.25) is 0 Å². The second-order valence-electron chi connectivity index (χ2n) is 8.98. The molecule has 1 aliphatic rings. The summed E-state index contributed by atoms with van der Waals surface area (Å²) in [6, 6.07) is 12.0. The number of benzene rings is 1. The molecule has 8 nitrogen and oxygen atoms in total. The molecule has 0 atom stereocenters. The molecule has 1 saturated heterocycles. The van der Waals surface area contributed by atoms with Gasteiger partial charge in [-0.1, -0.05) is 32.0 Å². The Bertz CT molecular complexity index is 1120. The van der Waals surface area contributed by atoms with Crippen LogP contribution < -0.4 is 10.2 Å². The number of piperazine rings is 1. The SMILES string of the molecule is Cc1cc(N2CCN(CC(=O)Nc3c(C)nn(-c4ccccc4)c3C)CC2)nc(C(C)C)n1. The van der Waals surface area contributed by atoms with Crippen LogP contribution in [0, 0.1) is 20.8 Å². The number of hydrogen-bond acceptors (Lipinski definition) is 6. The van der Waals surface area contributed by atoms with E-state index in [0.717, 1.165) is 66.3 Å². The number of carbonyl (C=O) groups excluding carboxylic acids is 1. The summed E-state index contributed by atoms with van der Waals surface area (Å²) in [5.74, 6) is 2.15. The molecule has 1 aliphatic heterocycles. The quantitative estimate of drug-likeness (QED) is 0.623. The monoisotopic (exact) mass is 447 g/mol. The maximum Gasteiger partial charge on any atom is 0.238 e. The number of amides is 1. The fourth-order valence-electron chi connectivity index (χ4n) is 4.16. The van der Waals surface area contributed by atoms with E-state index in [4.69, 9.17) is 4.98 Å². The summed E-state index contributed by atoms with van der Waals surface area (Å²) in [6.07, 6.45) is 0. The highest BCUT2D eigenvalue weighted by molar-refractivity contribution is 5.93. The number of hydrogen-bond donors (Lipinski definition) is 1. The third kappa shape index (κ3) is 5.22. The number of carbonyl (C=O) groups is 1. The number of aryl methyl sites for hydroxylation is 2. The lowest BCUT2D eigenvalue weighted by molar-refractivity contribution is -0.117. The number of nitrogens with zero attached hydrogens (tertiary/aromatic N) is 6. The largest absolute Gasteiger partial charge is 0.354 e. The summed E-state index contributed by atoms with van der Waals surface area (Å²) in [5.41, 5.74) is 4.51. The van der Waals surface area contributed by atoms with E-state index in [1.807, 2.05) is 61.9 Å². The summed E-state index contributed by atoms with van der Waals surface area (Å²) in [5, 5.41) is 7.71. The molecule has 1 N–H and O–H groups in total. The topological polar surface area (TPSA) is 79.2 Å². The molecule has 4 rings (SSSR count). The summed E-state index contributed by atoms with van der Waals surface area (Å²) in [7, 11) is 0. The Hall–Kier alpha value is -3.26. The number of aromatic nitrogens is 4. The molecule has 2 aromatic heterocycles. The van der Waals surface area contributed by atoms with Crippen molar-refractivity contribution in [3.05, 3.63) is 59.3 Å². The van der Waals surface area contributed by atoms with Crippen LogP contribution >= 0.6 is 0 Å². The van der Waals surface area contributed by atoms with Gasteiger partial charge in [0.25, 0.3) is 0 Å². The van der Waals surface area contributed by atoms with Crippen molar-refractivity contribution in [1.82, 2.24) is 24.6 Å². The summed E-state index contributed by atoms with van der Waals surface area (Å²) >= 11 is 0. The molecule has 174 valence electrons. The van der Waals surface area contributed by atoms with Gasteiger partial charge in [0.2, 0.25) is 5.91 Å². The first-order valence-electron chi connectivity index (χ1n) is 11.6. The first kappa shape index (κ1) is 22.9. The maximum atomic E-state index is 12.8. The molecule has 0 aliphatic carbocycles. The lowest BCUT2D eigenvalue weighted by atomic mass is 10.2. The van der Waals surface area contributed by atoms with E-state index in [-0.39, 0.29) is 5.91 Å². The van der Waals surface area contributed by atoms with E-state index in [1.165, 1.54) is 0 Å². The van der Waals surface area contributed by atoms with Crippen LogP contribution in [0.3, 0.4) is 0 Å². The first-order chi connectivity index (χ1) is 15.8. The highest BCUT2D eigenvalue weighted by atomic mass is 16.2. The smallest absolute Gasteiger partial charge is 0.238 e. The molecule has 3 heterocycles. The average molecular weight is 448 g/mol. The van der Waals surface area contributed by atoms with Crippen molar-refractivity contribution in [2.45, 2.75) is 40.5 Å². The molecular formula is C25H33N7O. The summed E-state index contributed by atoms with van der Waals surface area (Å²) < 4.78 is 1.87. The van der Waals surface area contributed by atoms with Crippen molar-refractivity contribution in [1.29, 1.82) is 0 Å². The zero-order valence-electron chi connectivity index (χ0n) is 20.2. The molecule has 1 amide bonds. The maximum absolute atomic E-state index is 12.8. The molecule has 1 aromatic carbocycles. The van der Waals surface area contributed by atoms with Gasteiger partial charge in [-0.2, -0.15) is 5.10 Å². The second-order valence-corrected chi connectivity index (χ2v) is 8.98. The van der Waals surface area contributed by atoms with Crippen molar-refractivity contribution < 1.29 is 4.79 Å². The average Bonchev–Trinajstić information content (AvgIpc) is 3.08. The minimum Gasteiger partial charge on any atom is -0.354 e. The van der Waals surface area contributed by atoms with Crippen molar-refractivity contribution in [2.75, 3.05) is 42.9 Å². The van der Waals surface area contributed by atoms with Gasteiger partial charge in [-0.25, -0.2) is 14.6 Å². The van der Waals surface area contributed by atoms with Crippen LogP contribution in [0.25, 0.3) is 5.69 Å². The molecule has 0 unspecified atom stereocenters. The minimum absolute atomic E-state index is 0.0118. The van der Waals surface area contributed by atoms with Crippen molar-refractivity contribution in [3.8, 4) is 5.69 Å². The number of anilines is 2. The number of rotatable bonds is 6. The molecule has 8 heteroatoms. The van der Waals surface area contributed by atoms with E-state index in [1.54, 1.807) is 0 Å². The molecule has 0 bridgehead atoms. The lowest BCUT2D eigenvalue weighted by Crippen LogP contribution is -2.49. The fourth-order valence-corrected chi connectivity index (χ4v) is 4.16. The van der Waals surface area contributed by atoms with E-state index >= 15 is 0 Å². The molecule has 0 radical (unpaired) electrons. The zero-order chi connectivity index (χ0) is 23.5. The van der Waals surface area contributed by atoms with Crippen LogP contribution in [0.4, 0.5) is 11.5 Å². The van der Waals surface area contributed by atoms with E-state index in [0.29, 0.717) is 12.5 Å². The third-order valence-electron chi connectivity index (χ3n) is 5.99. The van der Waals surface area contributed by atoms with Crippen LogP contribution in [-0.2, 0) is 4.79 Å². The van der Waals surface area contributed by atoms with Gasteiger partial charge in [-0.05, 0) is 32.9 Å². The lowest BCUT2D eigenvalue weighted by Gasteiger charge is -2.35. The van der Waals surface area contributed by atoms with E-state index in [9.17, 15) is 4.79 Å². The standard InChI is InChI=1S/C25H33N7O/c1-17(2)25-26-18(3)15-22(27-25)31-13-11-30(12-14-31)16-23(33)28-24-19(4)29-32(20(24)5)21-9-7-6-8-10-21/h6-10,15,17H,11-14,16H2,1-5H3,(H,28,33). The molecule has 33 heavy (non-hydrogen) atoms. The normalized spacial score (nSPS) is 14.7. The van der Waals surface area contributed by atoms with E-state index < -0.39 is 0 Å². The van der Waals surface area contributed by atoms with Gasteiger partial charge < -0.3 is 10.2 Å². The van der Waals surface area contributed by atoms with Crippen LogP contribution in [0.15, 0.2) is 36.4 Å². The number of para-hydroxylation sites is 1. The Kier molecular flexibility index (Phi) is 6.74. The molecule has 3 aromatic rings. The van der Waals surface area contributed by atoms with Gasteiger partial charge in [-0.15, -0.1) is 0 Å². The Morgan fingerprint density at radius 1 is 1.03 bits per heavy atom. The van der Waals surface area contributed by atoms with Gasteiger partial charge in [0.15, 0.2) is 0 Å². The zero-order valence-corrected chi connectivity index (χ0v) is 20.2. The van der Waals surface area contributed by atoms with Gasteiger partial charge in [-0.3, -0.25) is 9.69 Å². The predicted molar refractivity (Wildman–Crippen MR) is 131 cm³/mol. The highest BCUT2D eigenvalue weighted by Crippen LogP contribution is 2.23. The fraction of sp³-hybridized carbons (Fsp3) is 0.440. The first-order valence-corrected chi connectivity index (χ1v) is 11.6. The second kappa shape index (κ2) is 9.70. The molecule has 1 fully saturated rings. The van der Waals surface area contributed by atoms with Crippen molar-refractivity contribution >= 4 is 17.4 Å². The van der Waals surface area contributed by atoms with Crippen LogP contribution in [-0.4, -0.2) is 63.3 Å². The van der Waals surface area contributed by atoms with E-state index in [2.05, 4.69) is 39.0 Å². The Morgan fingerprint density at radius 3 is 2.39 bits per heavy atom. The molecular weight excluding hydrogens is 414 g/mol. The Labute approximate surface area is 195 Å². The summed E-state index contributed by atoms with van der Waals surface area (Å²) in [4.78, 5) is 26.6. The molecule has 0 saturated carbocycles. The van der Waals surface area contributed by atoms with Gasteiger partial charge in [0.05, 0.1) is 29.3 Å². The van der Waals surface area contributed by atoms with Gasteiger partial charge in [0.1, 0.15) is 11.6 Å². The third-order valence-corrected chi connectivity index (χ3v) is 5.99. The minimum atomic E-state index is -0.0118. The van der Waals surface area contributed by atoms with Gasteiger partial charge >= 0.3 is 0 Å². The van der Waals surface area contributed by atoms with Crippen LogP contribution in [0.1, 0.15) is 42.7 Å². The number of nitrogens with one attached hydrogen (secondary N) is 1. The van der Waals surface area contributed by atoms with Crippen LogP contribution in [0.5, 0.6) is 0 Å². The van der Waals surface area contributed by atoms with Crippen molar-refractivity contribution in [3.63, 3.8) is 0 Å². The molecule has 0 spiro atoms. The Morgan fingerprint density at radius 2 is 1.73 bits per heavy atom. The summed E-state index contributed by atoms with van der Waals surface area (Å²) in [6.45, 7) is 13.8. The van der Waals surface area contributed by atoms with Crippen molar-refractivity contribution in [2.24, 2.45) is 0 Å². The Balaban J connectivity index is 1.35.